The number of likely N-dealkylation sites (tertiary alicyclic amines) is 1. The summed E-state index contributed by atoms with van der Waals surface area (Å²) in [6.45, 7) is 1.06. The van der Waals surface area contributed by atoms with Crippen molar-refractivity contribution in [2.75, 3.05) is 13.1 Å². The Labute approximate surface area is 171 Å². The normalized spacial score (nSPS) is 15.1. The number of carbonyl (C=O) groups excluding carboxylic acids is 1. The van der Waals surface area contributed by atoms with E-state index in [1.165, 1.54) is 24.7 Å². The number of nitrogens with zero attached hydrogens (tertiary/aromatic N) is 5. The maximum Gasteiger partial charge on any atom is 0.331 e. The lowest BCUT2D eigenvalue weighted by atomic mass is 9.92. The predicted octanol–water partition coefficient (Wildman–Crippen LogP) is 1.70. The van der Waals surface area contributed by atoms with Gasteiger partial charge in [-0.3, -0.25) is 18.7 Å². The van der Waals surface area contributed by atoms with Crippen LogP contribution in [0.4, 0.5) is 0 Å². The molecule has 1 fully saturated rings. The first-order valence-corrected chi connectivity index (χ1v) is 9.71. The molecule has 0 bridgehead atoms. The molecule has 0 aliphatic carbocycles. The van der Waals surface area contributed by atoms with Gasteiger partial charge in [0.25, 0.3) is 11.5 Å². The van der Waals surface area contributed by atoms with E-state index in [9.17, 15) is 14.4 Å². The van der Waals surface area contributed by atoms with Gasteiger partial charge >= 0.3 is 5.69 Å². The molecular weight excluding hydrogens is 394 g/mol. The fraction of sp³-hybridized carbons (Fsp3) is 0.350. The Morgan fingerprint density at radius 2 is 1.83 bits per heavy atom. The van der Waals surface area contributed by atoms with E-state index in [4.69, 9.17) is 11.6 Å². The lowest BCUT2D eigenvalue weighted by Gasteiger charge is -2.32. The molecule has 9 heteroatoms. The minimum atomic E-state index is -0.510. The Morgan fingerprint density at radius 1 is 1.10 bits per heavy atom. The maximum absolute atomic E-state index is 12.9. The zero-order valence-corrected chi connectivity index (χ0v) is 16.9. The van der Waals surface area contributed by atoms with Gasteiger partial charge in [0.15, 0.2) is 5.65 Å². The summed E-state index contributed by atoms with van der Waals surface area (Å²) in [7, 11) is 2.89. The van der Waals surface area contributed by atoms with E-state index in [0.717, 1.165) is 28.5 Å². The number of aromatic nitrogens is 4. The van der Waals surface area contributed by atoms with Gasteiger partial charge in [0.2, 0.25) is 0 Å². The summed E-state index contributed by atoms with van der Waals surface area (Å²) in [5.74, 6) is -0.0862. The number of fused-ring (bicyclic) bond motifs is 1. The number of halogens is 1. The highest BCUT2D eigenvalue weighted by Gasteiger charge is 2.27. The SMILES string of the molecule is Cn1c(C(=O)N2CCC(c3ccc4cc(Cl)cnc4n3)CC2)cc(=O)n(C)c1=O. The molecule has 3 aromatic rings. The topological polar surface area (TPSA) is 90.1 Å². The fourth-order valence-electron chi connectivity index (χ4n) is 3.70. The summed E-state index contributed by atoms with van der Waals surface area (Å²) in [5.41, 5.74) is 0.713. The van der Waals surface area contributed by atoms with Gasteiger partial charge in [0, 0.05) is 56.4 Å². The first-order chi connectivity index (χ1) is 13.8. The van der Waals surface area contributed by atoms with Crippen LogP contribution >= 0.6 is 11.6 Å². The summed E-state index contributed by atoms with van der Waals surface area (Å²) in [5, 5.41) is 1.46. The minimum absolute atomic E-state index is 0.112. The van der Waals surface area contributed by atoms with Crippen LogP contribution in [0.25, 0.3) is 11.0 Å². The van der Waals surface area contributed by atoms with E-state index in [1.807, 2.05) is 18.2 Å². The molecule has 1 aliphatic rings. The van der Waals surface area contributed by atoms with Crippen LogP contribution in [-0.4, -0.2) is 43.0 Å². The second-order valence-corrected chi connectivity index (χ2v) is 7.71. The summed E-state index contributed by atoms with van der Waals surface area (Å²) >= 11 is 5.97. The smallest absolute Gasteiger partial charge is 0.331 e. The van der Waals surface area contributed by atoms with Crippen LogP contribution in [0.15, 0.2) is 40.1 Å². The van der Waals surface area contributed by atoms with E-state index < -0.39 is 11.2 Å². The summed E-state index contributed by atoms with van der Waals surface area (Å²) in [6.07, 6.45) is 3.07. The molecule has 1 aliphatic heterocycles. The number of pyridine rings is 2. The molecule has 1 saturated heterocycles. The fourth-order valence-corrected chi connectivity index (χ4v) is 3.87. The van der Waals surface area contributed by atoms with Crippen molar-refractivity contribution < 1.29 is 4.79 Å². The van der Waals surface area contributed by atoms with Gasteiger partial charge < -0.3 is 4.90 Å². The van der Waals surface area contributed by atoms with Gasteiger partial charge in [-0.05, 0) is 31.0 Å². The molecule has 0 radical (unpaired) electrons. The molecule has 0 saturated carbocycles. The number of hydrogen-bond donors (Lipinski definition) is 0. The third-order valence-corrected chi connectivity index (χ3v) is 5.68. The lowest BCUT2D eigenvalue weighted by molar-refractivity contribution is 0.0700. The van der Waals surface area contributed by atoms with Crippen molar-refractivity contribution in [1.29, 1.82) is 0 Å². The molecule has 0 atom stereocenters. The van der Waals surface area contributed by atoms with Gasteiger partial charge in [-0.15, -0.1) is 0 Å². The second kappa shape index (κ2) is 7.44. The van der Waals surface area contributed by atoms with Crippen LogP contribution in [0.1, 0.15) is 34.9 Å². The molecule has 0 spiro atoms. The van der Waals surface area contributed by atoms with E-state index in [1.54, 1.807) is 11.1 Å². The molecule has 0 aromatic carbocycles. The van der Waals surface area contributed by atoms with Crippen molar-refractivity contribution in [1.82, 2.24) is 24.0 Å². The maximum atomic E-state index is 12.9. The third-order valence-electron chi connectivity index (χ3n) is 5.48. The molecule has 0 N–H and O–H groups in total. The van der Waals surface area contributed by atoms with Crippen molar-refractivity contribution in [3.8, 4) is 0 Å². The van der Waals surface area contributed by atoms with Gasteiger partial charge in [-0.2, -0.15) is 0 Å². The van der Waals surface area contributed by atoms with E-state index in [0.29, 0.717) is 23.8 Å². The van der Waals surface area contributed by atoms with Crippen molar-refractivity contribution in [2.45, 2.75) is 18.8 Å². The van der Waals surface area contributed by atoms with Crippen molar-refractivity contribution >= 4 is 28.5 Å². The lowest BCUT2D eigenvalue weighted by Crippen LogP contribution is -2.44. The summed E-state index contributed by atoms with van der Waals surface area (Å²) in [4.78, 5) is 47.5. The zero-order chi connectivity index (χ0) is 20.7. The van der Waals surface area contributed by atoms with Crippen LogP contribution in [-0.2, 0) is 14.1 Å². The highest BCUT2D eigenvalue weighted by Crippen LogP contribution is 2.28. The van der Waals surface area contributed by atoms with Crippen LogP contribution in [0.5, 0.6) is 0 Å². The first-order valence-electron chi connectivity index (χ1n) is 9.33. The Bertz CT molecular complexity index is 1220. The van der Waals surface area contributed by atoms with Gasteiger partial charge in [0.1, 0.15) is 5.69 Å². The number of amides is 1. The van der Waals surface area contributed by atoms with E-state index in [2.05, 4.69) is 9.97 Å². The molecule has 150 valence electrons. The predicted molar refractivity (Wildman–Crippen MR) is 109 cm³/mol. The largest absolute Gasteiger partial charge is 0.337 e. The van der Waals surface area contributed by atoms with Gasteiger partial charge in [0.05, 0.1) is 5.02 Å². The molecule has 3 aromatic heterocycles. The van der Waals surface area contributed by atoms with Crippen LogP contribution in [0.2, 0.25) is 5.02 Å². The average Bonchev–Trinajstić information content (AvgIpc) is 2.74. The van der Waals surface area contributed by atoms with E-state index in [-0.39, 0.29) is 17.5 Å². The number of carbonyl (C=O) groups is 1. The van der Waals surface area contributed by atoms with Gasteiger partial charge in [-0.1, -0.05) is 11.6 Å². The summed E-state index contributed by atoms with van der Waals surface area (Å²) in [6, 6.07) is 6.99. The van der Waals surface area contributed by atoms with Crippen molar-refractivity contribution in [3.63, 3.8) is 0 Å². The Balaban J connectivity index is 1.51. The highest BCUT2D eigenvalue weighted by atomic mass is 35.5. The first kappa shape index (κ1) is 19.3. The quantitative estimate of drug-likeness (QED) is 0.637. The molecule has 8 nitrogen and oxygen atoms in total. The molecule has 4 rings (SSSR count). The standard InChI is InChI=1S/C20H20ClN5O3/c1-24-16(10-17(27)25(2)20(24)29)19(28)26-7-5-12(6-8-26)15-4-3-13-9-14(21)11-22-18(13)23-15/h3-4,9-12H,5-8H2,1-2H3. The van der Waals surface area contributed by atoms with E-state index >= 15 is 0 Å². The molecular formula is C20H20ClN5O3. The van der Waals surface area contributed by atoms with Crippen molar-refractivity contribution in [3.05, 3.63) is 67.7 Å². The van der Waals surface area contributed by atoms with Crippen LogP contribution in [0, 0.1) is 0 Å². The molecule has 1 amide bonds. The highest BCUT2D eigenvalue weighted by molar-refractivity contribution is 6.31. The average molecular weight is 414 g/mol. The molecule has 4 heterocycles. The Morgan fingerprint density at radius 3 is 2.55 bits per heavy atom. The zero-order valence-electron chi connectivity index (χ0n) is 16.1. The Hall–Kier alpha value is -3.00. The monoisotopic (exact) mass is 413 g/mol. The molecule has 0 unspecified atom stereocenters. The number of rotatable bonds is 2. The van der Waals surface area contributed by atoms with Crippen LogP contribution in [0.3, 0.4) is 0 Å². The van der Waals surface area contributed by atoms with Crippen LogP contribution < -0.4 is 11.2 Å². The molecule has 29 heavy (non-hydrogen) atoms. The van der Waals surface area contributed by atoms with Gasteiger partial charge in [-0.25, -0.2) is 14.8 Å². The number of hydrogen-bond acceptors (Lipinski definition) is 5. The van der Waals surface area contributed by atoms with Crippen molar-refractivity contribution in [2.24, 2.45) is 14.1 Å². The second-order valence-electron chi connectivity index (χ2n) is 7.27. The Kier molecular flexibility index (Phi) is 4.96. The third kappa shape index (κ3) is 3.55. The minimum Gasteiger partial charge on any atom is -0.337 e. The number of piperidine rings is 1. The summed E-state index contributed by atoms with van der Waals surface area (Å²) < 4.78 is 2.20.